The Morgan fingerprint density at radius 3 is 3.06 bits per heavy atom. The summed E-state index contributed by atoms with van der Waals surface area (Å²) in [6, 6.07) is 1.39. The molecule has 3 N–H and O–H groups in total. The van der Waals surface area contributed by atoms with Gasteiger partial charge in [0.2, 0.25) is 0 Å². The van der Waals surface area contributed by atoms with Gasteiger partial charge in [-0.3, -0.25) is 4.79 Å². The number of anilines is 1. The largest absolute Gasteiger partial charge is 0.504 e. The third-order valence-electron chi connectivity index (χ3n) is 1.67. The van der Waals surface area contributed by atoms with Crippen LogP contribution in [-0.2, 0) is 9.53 Å². The molecule has 84 valence electrons. The van der Waals surface area contributed by atoms with Gasteiger partial charge in [0.15, 0.2) is 11.6 Å². The van der Waals surface area contributed by atoms with Gasteiger partial charge in [0, 0.05) is 17.8 Å². The van der Waals surface area contributed by atoms with Crippen LogP contribution in [-0.4, -0.2) is 22.7 Å². The molecular formula is C11H12N2O3. The summed E-state index contributed by atoms with van der Waals surface area (Å²) >= 11 is 0. The average Bonchev–Trinajstić information content (AvgIpc) is 2.24. The van der Waals surface area contributed by atoms with E-state index in [1.165, 1.54) is 12.3 Å². The van der Waals surface area contributed by atoms with E-state index in [1.54, 1.807) is 6.92 Å². The van der Waals surface area contributed by atoms with Crippen LogP contribution in [0.15, 0.2) is 12.3 Å². The van der Waals surface area contributed by atoms with E-state index in [-0.39, 0.29) is 24.0 Å². The van der Waals surface area contributed by atoms with Crippen molar-refractivity contribution in [2.75, 3.05) is 12.3 Å². The van der Waals surface area contributed by atoms with E-state index in [1.807, 2.05) is 0 Å². The minimum Gasteiger partial charge on any atom is -0.504 e. The first kappa shape index (κ1) is 11.9. The molecule has 0 aliphatic carbocycles. The summed E-state index contributed by atoms with van der Waals surface area (Å²) in [7, 11) is 0. The van der Waals surface area contributed by atoms with Gasteiger partial charge in [-0.15, -0.1) is 0 Å². The van der Waals surface area contributed by atoms with Gasteiger partial charge in [-0.1, -0.05) is 11.8 Å². The summed E-state index contributed by atoms with van der Waals surface area (Å²) in [6.07, 6.45) is 1.44. The minimum absolute atomic E-state index is 0.0129. The molecule has 5 nitrogen and oxygen atoms in total. The molecule has 0 unspecified atom stereocenters. The van der Waals surface area contributed by atoms with Gasteiger partial charge in [0.25, 0.3) is 0 Å². The number of aromatic hydroxyl groups is 1. The Bertz CT molecular complexity index is 446. The summed E-state index contributed by atoms with van der Waals surface area (Å²) in [4.78, 5) is 14.7. The Morgan fingerprint density at radius 1 is 1.69 bits per heavy atom. The minimum atomic E-state index is -0.373. The topological polar surface area (TPSA) is 85.4 Å². The molecule has 0 radical (unpaired) electrons. The van der Waals surface area contributed by atoms with E-state index < -0.39 is 0 Å². The van der Waals surface area contributed by atoms with Crippen molar-refractivity contribution in [2.24, 2.45) is 0 Å². The molecule has 5 heteroatoms. The van der Waals surface area contributed by atoms with Crippen molar-refractivity contribution < 1.29 is 14.6 Å². The lowest BCUT2D eigenvalue weighted by Crippen LogP contribution is -2.01. The van der Waals surface area contributed by atoms with E-state index >= 15 is 0 Å². The summed E-state index contributed by atoms with van der Waals surface area (Å²) in [5, 5.41) is 9.25. The van der Waals surface area contributed by atoms with Crippen LogP contribution in [0.3, 0.4) is 0 Å². The van der Waals surface area contributed by atoms with Gasteiger partial charge < -0.3 is 15.6 Å². The van der Waals surface area contributed by atoms with E-state index in [4.69, 9.17) is 10.5 Å². The number of esters is 1. The molecule has 1 rings (SSSR count). The zero-order valence-electron chi connectivity index (χ0n) is 8.86. The van der Waals surface area contributed by atoms with Gasteiger partial charge in [0.05, 0.1) is 6.61 Å². The van der Waals surface area contributed by atoms with Gasteiger partial charge in [0.1, 0.15) is 6.42 Å². The molecule has 1 aromatic rings. The lowest BCUT2D eigenvalue weighted by molar-refractivity contribution is -0.141. The number of nitrogen functional groups attached to an aromatic ring is 1. The Balaban J connectivity index is 2.63. The Labute approximate surface area is 93.2 Å². The number of aromatic nitrogens is 1. The second kappa shape index (κ2) is 5.61. The number of nitrogens with zero attached hydrogens (tertiary/aromatic N) is 1. The summed E-state index contributed by atoms with van der Waals surface area (Å²) in [5.41, 5.74) is 5.82. The van der Waals surface area contributed by atoms with Crippen molar-refractivity contribution in [3.8, 4) is 17.6 Å². The van der Waals surface area contributed by atoms with E-state index in [0.717, 1.165) is 0 Å². The number of rotatable bonds is 2. The maximum atomic E-state index is 10.9. The molecule has 16 heavy (non-hydrogen) atoms. The van der Waals surface area contributed by atoms with Crippen molar-refractivity contribution in [1.29, 1.82) is 0 Å². The number of ether oxygens (including phenoxy) is 1. The number of pyridine rings is 1. The number of hydrogen-bond donors (Lipinski definition) is 2. The fraction of sp³-hybridized carbons (Fsp3) is 0.273. The molecule has 0 saturated heterocycles. The Kier molecular flexibility index (Phi) is 4.16. The van der Waals surface area contributed by atoms with Crippen molar-refractivity contribution in [3.05, 3.63) is 17.8 Å². The first-order valence-electron chi connectivity index (χ1n) is 4.72. The van der Waals surface area contributed by atoms with Gasteiger partial charge in [-0.2, -0.15) is 0 Å². The molecule has 0 spiro atoms. The van der Waals surface area contributed by atoms with Crippen LogP contribution >= 0.6 is 0 Å². The van der Waals surface area contributed by atoms with Crippen LogP contribution in [0, 0.1) is 11.8 Å². The Morgan fingerprint density at radius 2 is 2.44 bits per heavy atom. The predicted molar refractivity (Wildman–Crippen MR) is 58.4 cm³/mol. The molecule has 0 aliphatic rings. The zero-order valence-corrected chi connectivity index (χ0v) is 8.86. The molecule has 0 saturated carbocycles. The maximum absolute atomic E-state index is 10.9. The van der Waals surface area contributed by atoms with Crippen LogP contribution in [0.5, 0.6) is 5.75 Å². The van der Waals surface area contributed by atoms with E-state index in [9.17, 15) is 9.90 Å². The highest BCUT2D eigenvalue weighted by Crippen LogP contribution is 2.16. The molecule has 0 bridgehead atoms. The third kappa shape index (κ3) is 3.50. The molecule has 0 aliphatic heterocycles. The molecule has 0 fully saturated rings. The smallest absolute Gasteiger partial charge is 0.317 e. The third-order valence-corrected chi connectivity index (χ3v) is 1.67. The standard InChI is InChI=1S/C11H12N2O3/c1-2-16-10(15)5-3-4-8-6-9(14)11(12)13-7-8/h6-7,14H,2,5H2,1H3,(H2,12,13). The fourth-order valence-electron chi connectivity index (χ4n) is 0.963. The van der Waals surface area contributed by atoms with Crippen LogP contribution in [0.25, 0.3) is 0 Å². The summed E-state index contributed by atoms with van der Waals surface area (Å²) < 4.78 is 4.70. The lowest BCUT2D eigenvalue weighted by Gasteiger charge is -1.97. The highest BCUT2D eigenvalue weighted by atomic mass is 16.5. The van der Waals surface area contributed by atoms with Crippen molar-refractivity contribution in [3.63, 3.8) is 0 Å². The molecule has 1 aromatic heterocycles. The Hall–Kier alpha value is -2.22. The van der Waals surface area contributed by atoms with Crippen LogP contribution in [0.1, 0.15) is 18.9 Å². The number of carbonyl (C=O) groups is 1. The highest BCUT2D eigenvalue weighted by Gasteiger charge is 1.99. The van der Waals surface area contributed by atoms with Gasteiger partial charge >= 0.3 is 5.97 Å². The number of carbonyl (C=O) groups excluding carboxylic acids is 1. The fourth-order valence-corrected chi connectivity index (χ4v) is 0.963. The van der Waals surface area contributed by atoms with Crippen molar-refractivity contribution in [2.45, 2.75) is 13.3 Å². The number of nitrogens with two attached hydrogens (primary N) is 1. The normalized spacial score (nSPS) is 9.06. The van der Waals surface area contributed by atoms with E-state index in [2.05, 4.69) is 16.8 Å². The van der Waals surface area contributed by atoms with Gasteiger partial charge in [-0.25, -0.2) is 4.98 Å². The SMILES string of the molecule is CCOC(=O)CC#Cc1cnc(N)c(O)c1. The number of hydrogen-bond acceptors (Lipinski definition) is 5. The first-order chi connectivity index (χ1) is 7.63. The maximum Gasteiger partial charge on any atom is 0.317 e. The monoisotopic (exact) mass is 220 g/mol. The summed E-state index contributed by atoms with van der Waals surface area (Å²) in [6.45, 7) is 2.07. The van der Waals surface area contributed by atoms with Crippen LogP contribution < -0.4 is 5.73 Å². The van der Waals surface area contributed by atoms with E-state index in [0.29, 0.717) is 12.2 Å². The average molecular weight is 220 g/mol. The molecule has 0 atom stereocenters. The second-order valence-corrected chi connectivity index (χ2v) is 2.91. The van der Waals surface area contributed by atoms with Crippen molar-refractivity contribution >= 4 is 11.8 Å². The van der Waals surface area contributed by atoms with Gasteiger partial charge in [-0.05, 0) is 6.92 Å². The van der Waals surface area contributed by atoms with Crippen molar-refractivity contribution in [1.82, 2.24) is 4.98 Å². The predicted octanol–water partition coefficient (Wildman–Crippen LogP) is 0.674. The molecule has 0 amide bonds. The quantitative estimate of drug-likeness (QED) is 0.565. The molecular weight excluding hydrogens is 208 g/mol. The lowest BCUT2D eigenvalue weighted by atomic mass is 10.2. The zero-order chi connectivity index (χ0) is 12.0. The van der Waals surface area contributed by atoms with Crippen LogP contribution in [0.2, 0.25) is 0 Å². The highest BCUT2D eigenvalue weighted by molar-refractivity contribution is 5.72. The summed E-state index contributed by atoms with van der Waals surface area (Å²) in [5.74, 6) is 4.85. The molecule has 0 aromatic carbocycles. The first-order valence-corrected chi connectivity index (χ1v) is 4.72. The van der Waals surface area contributed by atoms with Crippen LogP contribution in [0.4, 0.5) is 5.82 Å². The second-order valence-electron chi connectivity index (χ2n) is 2.91. The molecule has 1 heterocycles.